The van der Waals surface area contributed by atoms with Crippen LogP contribution >= 0.6 is 0 Å². The van der Waals surface area contributed by atoms with Crippen LogP contribution in [0.25, 0.3) is 0 Å². The highest BCUT2D eigenvalue weighted by Crippen LogP contribution is 2.27. The van der Waals surface area contributed by atoms with Crippen molar-refractivity contribution in [2.24, 2.45) is 7.05 Å². The van der Waals surface area contributed by atoms with Crippen molar-refractivity contribution < 1.29 is 4.74 Å². The second-order valence-electron chi connectivity index (χ2n) is 4.79. The van der Waals surface area contributed by atoms with Gasteiger partial charge in [-0.25, -0.2) is 0 Å². The highest BCUT2D eigenvalue weighted by Gasteiger charge is 2.21. The number of benzene rings is 1. The maximum Gasteiger partial charge on any atom is 0.123 e. The summed E-state index contributed by atoms with van der Waals surface area (Å²) in [4.78, 5) is 0. The molecule has 0 radical (unpaired) electrons. The van der Waals surface area contributed by atoms with Crippen LogP contribution in [0, 0.1) is 0 Å². The number of ether oxygens (including phenoxy) is 1. The highest BCUT2D eigenvalue weighted by molar-refractivity contribution is 5.37. The van der Waals surface area contributed by atoms with Crippen LogP contribution in [0.1, 0.15) is 11.3 Å². The van der Waals surface area contributed by atoms with E-state index >= 15 is 0 Å². The minimum atomic E-state index is 0.266. The van der Waals surface area contributed by atoms with Gasteiger partial charge >= 0.3 is 0 Å². The summed E-state index contributed by atoms with van der Waals surface area (Å²) in [5, 5.41) is 3.46. The summed E-state index contributed by atoms with van der Waals surface area (Å²) in [6.45, 7) is 1.78. The molecule has 0 fully saturated rings. The van der Waals surface area contributed by atoms with Crippen LogP contribution in [0.2, 0.25) is 0 Å². The Hall–Kier alpha value is -1.74. The van der Waals surface area contributed by atoms with Gasteiger partial charge in [0, 0.05) is 38.4 Å². The Balaban J connectivity index is 1.50. The number of aromatic nitrogens is 1. The number of hydrogen-bond donors (Lipinski definition) is 1. The van der Waals surface area contributed by atoms with E-state index in [0.29, 0.717) is 0 Å². The van der Waals surface area contributed by atoms with Gasteiger partial charge in [-0.1, -0.05) is 18.2 Å². The van der Waals surface area contributed by atoms with Gasteiger partial charge in [-0.05, 0) is 23.8 Å². The SMILES string of the molecule is Cn1cccc1CNCC1Cc2ccccc2O1. The quantitative estimate of drug-likeness (QED) is 0.888. The molecule has 1 unspecified atom stereocenters. The molecule has 0 spiro atoms. The average molecular weight is 242 g/mol. The van der Waals surface area contributed by atoms with Crippen LogP contribution in [-0.2, 0) is 20.0 Å². The minimum absolute atomic E-state index is 0.266. The topological polar surface area (TPSA) is 26.2 Å². The third-order valence-electron chi connectivity index (χ3n) is 3.44. The number of fused-ring (bicyclic) bond motifs is 1. The van der Waals surface area contributed by atoms with E-state index in [1.165, 1.54) is 11.3 Å². The van der Waals surface area contributed by atoms with Crippen molar-refractivity contribution in [1.82, 2.24) is 9.88 Å². The number of nitrogens with one attached hydrogen (secondary N) is 1. The predicted octanol–water partition coefficient (Wildman–Crippen LogP) is 2.12. The van der Waals surface area contributed by atoms with Gasteiger partial charge < -0.3 is 14.6 Å². The third kappa shape index (κ3) is 2.27. The molecule has 1 atom stereocenters. The van der Waals surface area contributed by atoms with Crippen molar-refractivity contribution in [1.29, 1.82) is 0 Å². The summed E-state index contributed by atoms with van der Waals surface area (Å²) < 4.78 is 8.02. The molecule has 2 heterocycles. The Morgan fingerprint density at radius 3 is 2.94 bits per heavy atom. The van der Waals surface area contributed by atoms with E-state index in [-0.39, 0.29) is 6.10 Å². The van der Waals surface area contributed by atoms with Gasteiger partial charge in [-0.15, -0.1) is 0 Å². The predicted molar refractivity (Wildman–Crippen MR) is 71.7 cm³/mol. The molecule has 1 aromatic carbocycles. The summed E-state index contributed by atoms with van der Waals surface area (Å²) in [6.07, 6.45) is 3.34. The lowest BCUT2D eigenvalue weighted by molar-refractivity contribution is 0.227. The Labute approximate surface area is 107 Å². The Morgan fingerprint density at radius 1 is 1.28 bits per heavy atom. The second-order valence-corrected chi connectivity index (χ2v) is 4.79. The van der Waals surface area contributed by atoms with E-state index in [9.17, 15) is 0 Å². The van der Waals surface area contributed by atoms with Crippen LogP contribution in [0.3, 0.4) is 0 Å². The lowest BCUT2D eigenvalue weighted by Crippen LogP contribution is -2.30. The number of nitrogens with zero attached hydrogens (tertiary/aromatic N) is 1. The van der Waals surface area contributed by atoms with Crippen molar-refractivity contribution in [3.8, 4) is 5.75 Å². The molecule has 0 saturated carbocycles. The van der Waals surface area contributed by atoms with Gasteiger partial charge in [0.1, 0.15) is 11.9 Å². The molecule has 0 saturated heterocycles. The molecule has 3 heteroatoms. The van der Waals surface area contributed by atoms with Gasteiger partial charge in [-0.2, -0.15) is 0 Å². The van der Waals surface area contributed by atoms with Crippen molar-refractivity contribution >= 4 is 0 Å². The van der Waals surface area contributed by atoms with Gasteiger partial charge in [0.05, 0.1) is 0 Å². The van der Waals surface area contributed by atoms with Gasteiger partial charge in [0.15, 0.2) is 0 Å². The molecule has 2 aromatic rings. The molecule has 0 bridgehead atoms. The van der Waals surface area contributed by atoms with Gasteiger partial charge in [0.25, 0.3) is 0 Å². The fourth-order valence-electron chi connectivity index (χ4n) is 2.41. The molecule has 1 aromatic heterocycles. The minimum Gasteiger partial charge on any atom is -0.488 e. The van der Waals surface area contributed by atoms with Crippen molar-refractivity contribution in [3.63, 3.8) is 0 Å². The normalized spacial score (nSPS) is 17.5. The van der Waals surface area contributed by atoms with Gasteiger partial charge in [-0.3, -0.25) is 0 Å². The Morgan fingerprint density at radius 2 is 2.17 bits per heavy atom. The zero-order valence-electron chi connectivity index (χ0n) is 10.6. The van der Waals surface area contributed by atoms with Crippen LogP contribution < -0.4 is 10.1 Å². The van der Waals surface area contributed by atoms with E-state index in [4.69, 9.17) is 4.74 Å². The van der Waals surface area contributed by atoms with E-state index in [1.807, 2.05) is 12.1 Å². The summed E-state index contributed by atoms with van der Waals surface area (Å²) in [5.74, 6) is 1.04. The lowest BCUT2D eigenvalue weighted by atomic mass is 10.1. The number of para-hydroxylation sites is 1. The molecular weight excluding hydrogens is 224 g/mol. The van der Waals surface area contributed by atoms with Crippen LogP contribution in [-0.4, -0.2) is 17.2 Å². The summed E-state index contributed by atoms with van der Waals surface area (Å²) in [6, 6.07) is 12.5. The number of hydrogen-bond acceptors (Lipinski definition) is 2. The number of rotatable bonds is 4. The molecule has 1 aliphatic heterocycles. The molecule has 3 rings (SSSR count). The zero-order chi connectivity index (χ0) is 12.4. The fourth-order valence-corrected chi connectivity index (χ4v) is 2.41. The smallest absolute Gasteiger partial charge is 0.123 e. The fraction of sp³-hybridized carbons (Fsp3) is 0.333. The molecule has 1 N–H and O–H groups in total. The Bertz CT molecular complexity index is 508. The largest absolute Gasteiger partial charge is 0.488 e. The monoisotopic (exact) mass is 242 g/mol. The summed E-state index contributed by atoms with van der Waals surface area (Å²) in [5.41, 5.74) is 2.62. The van der Waals surface area contributed by atoms with E-state index in [2.05, 4.69) is 47.4 Å². The van der Waals surface area contributed by atoms with Crippen LogP contribution in [0.5, 0.6) is 5.75 Å². The van der Waals surface area contributed by atoms with E-state index in [0.717, 1.165) is 25.3 Å². The van der Waals surface area contributed by atoms with Gasteiger partial charge in [0.2, 0.25) is 0 Å². The molecule has 0 aliphatic carbocycles. The van der Waals surface area contributed by atoms with Crippen molar-refractivity contribution in [2.45, 2.75) is 19.1 Å². The van der Waals surface area contributed by atoms with Crippen molar-refractivity contribution in [2.75, 3.05) is 6.54 Å². The average Bonchev–Trinajstić information content (AvgIpc) is 2.96. The maximum atomic E-state index is 5.89. The van der Waals surface area contributed by atoms with E-state index in [1.54, 1.807) is 0 Å². The first-order chi connectivity index (χ1) is 8.83. The van der Waals surface area contributed by atoms with Crippen LogP contribution in [0.4, 0.5) is 0 Å². The zero-order valence-corrected chi connectivity index (χ0v) is 10.6. The lowest BCUT2D eigenvalue weighted by Gasteiger charge is -2.12. The molecule has 94 valence electrons. The third-order valence-corrected chi connectivity index (χ3v) is 3.44. The second kappa shape index (κ2) is 4.86. The summed E-state index contributed by atoms with van der Waals surface area (Å²) >= 11 is 0. The highest BCUT2D eigenvalue weighted by atomic mass is 16.5. The first-order valence-corrected chi connectivity index (χ1v) is 6.38. The maximum absolute atomic E-state index is 5.89. The standard InChI is InChI=1S/C15H18N2O/c1-17-8-4-6-13(17)10-16-11-14-9-12-5-2-3-7-15(12)18-14/h2-8,14,16H,9-11H2,1H3. The Kier molecular flexibility index (Phi) is 3.07. The number of aryl methyl sites for hydroxylation is 1. The molecule has 0 amide bonds. The molecular formula is C15H18N2O. The first kappa shape index (κ1) is 11.4. The molecule has 18 heavy (non-hydrogen) atoms. The summed E-state index contributed by atoms with van der Waals surface area (Å²) in [7, 11) is 2.07. The van der Waals surface area contributed by atoms with Crippen LogP contribution in [0.15, 0.2) is 42.6 Å². The van der Waals surface area contributed by atoms with E-state index < -0.39 is 0 Å². The molecule has 3 nitrogen and oxygen atoms in total. The first-order valence-electron chi connectivity index (χ1n) is 6.38. The van der Waals surface area contributed by atoms with Crippen molar-refractivity contribution in [3.05, 3.63) is 53.9 Å². The molecule has 1 aliphatic rings.